The molecule has 132 valence electrons. The van der Waals surface area contributed by atoms with Gasteiger partial charge in [-0.25, -0.2) is 13.6 Å². The third-order valence-corrected chi connectivity index (χ3v) is 4.51. The summed E-state index contributed by atoms with van der Waals surface area (Å²) in [5.74, 6) is -0.234. The van der Waals surface area contributed by atoms with E-state index >= 15 is 0 Å². The number of aromatic nitrogens is 3. The first-order valence-corrected chi connectivity index (χ1v) is 8.79. The number of sulfonamides is 1. The number of hydrogen-bond acceptors (Lipinski definition) is 6. The Balaban J connectivity index is 2.28. The van der Waals surface area contributed by atoms with Crippen molar-refractivity contribution in [3.8, 4) is 16.8 Å². The minimum Gasteiger partial charge on any atom is -0.382 e. The molecular formula is C15H14N8O2S. The van der Waals surface area contributed by atoms with Crippen LogP contribution in [0.3, 0.4) is 0 Å². The summed E-state index contributed by atoms with van der Waals surface area (Å²) in [6.45, 7) is 0. The van der Waals surface area contributed by atoms with Crippen LogP contribution in [0.1, 0.15) is 5.56 Å². The van der Waals surface area contributed by atoms with Gasteiger partial charge in [0.2, 0.25) is 10.0 Å². The zero-order chi connectivity index (χ0) is 18.7. The first-order chi connectivity index (χ1) is 12.4. The monoisotopic (exact) mass is 370 g/mol. The van der Waals surface area contributed by atoms with Gasteiger partial charge < -0.3 is 5.73 Å². The molecule has 1 aromatic heterocycles. The van der Waals surface area contributed by atoms with Crippen LogP contribution in [0.2, 0.25) is 0 Å². The summed E-state index contributed by atoms with van der Waals surface area (Å²) in [5.41, 5.74) is 14.6. The molecule has 0 amide bonds. The van der Waals surface area contributed by atoms with Crippen LogP contribution >= 0.6 is 0 Å². The van der Waals surface area contributed by atoms with Crippen LogP contribution in [0.4, 0.5) is 0 Å². The topological polar surface area (TPSA) is 165 Å². The van der Waals surface area contributed by atoms with E-state index < -0.39 is 10.0 Å². The van der Waals surface area contributed by atoms with Gasteiger partial charge >= 0.3 is 0 Å². The second-order valence-electron chi connectivity index (χ2n) is 5.18. The van der Waals surface area contributed by atoms with Crippen molar-refractivity contribution in [1.29, 1.82) is 5.53 Å². The van der Waals surface area contributed by atoms with E-state index in [1.165, 1.54) is 10.9 Å². The summed E-state index contributed by atoms with van der Waals surface area (Å²) in [6, 6.07) is 11.6. The SMILES string of the molecule is N=NN=C(N)c1c(-c2cccc(-n3nccn3)c2)cccc1S(N)(=O)=O. The van der Waals surface area contributed by atoms with Crippen molar-refractivity contribution in [3.63, 3.8) is 0 Å². The van der Waals surface area contributed by atoms with Crippen LogP contribution in [-0.2, 0) is 10.0 Å². The number of nitrogens with one attached hydrogen (secondary N) is 1. The average Bonchev–Trinajstić information content (AvgIpc) is 3.15. The largest absolute Gasteiger partial charge is 0.382 e. The molecule has 26 heavy (non-hydrogen) atoms. The van der Waals surface area contributed by atoms with E-state index in [0.717, 1.165) is 0 Å². The van der Waals surface area contributed by atoms with E-state index in [9.17, 15) is 8.42 Å². The van der Waals surface area contributed by atoms with Gasteiger partial charge in [0.25, 0.3) is 0 Å². The molecule has 0 fully saturated rings. The molecule has 0 aliphatic heterocycles. The third-order valence-electron chi connectivity index (χ3n) is 3.55. The Hall–Kier alpha value is -3.44. The molecule has 0 unspecified atom stereocenters. The number of nitrogens with two attached hydrogens (primary N) is 2. The quantitative estimate of drug-likeness (QED) is 0.265. The molecular weight excluding hydrogens is 356 g/mol. The smallest absolute Gasteiger partial charge is 0.238 e. The molecule has 0 aliphatic carbocycles. The number of primary sulfonamides is 1. The zero-order valence-corrected chi connectivity index (χ0v) is 14.1. The van der Waals surface area contributed by atoms with E-state index in [1.807, 2.05) is 0 Å². The number of rotatable bonds is 5. The fraction of sp³-hybridized carbons (Fsp3) is 0. The van der Waals surface area contributed by atoms with Gasteiger partial charge in [-0.2, -0.15) is 20.5 Å². The predicted molar refractivity (Wildman–Crippen MR) is 94.0 cm³/mol. The standard InChI is InChI=1S/C15H14N8O2S/c16-15(21-22-17)14-12(5-2-6-13(14)26(18,24)25)10-3-1-4-11(9-10)23-19-7-8-20-23/h1-9H,(H3,16,17,21)(H2,18,24,25). The van der Waals surface area contributed by atoms with Gasteiger partial charge in [-0.05, 0) is 29.3 Å². The van der Waals surface area contributed by atoms with Crippen LogP contribution < -0.4 is 10.9 Å². The highest BCUT2D eigenvalue weighted by Gasteiger charge is 2.21. The summed E-state index contributed by atoms with van der Waals surface area (Å²) in [4.78, 5) is 1.21. The molecule has 0 atom stereocenters. The fourth-order valence-corrected chi connectivity index (χ4v) is 3.29. The molecule has 3 rings (SSSR count). The van der Waals surface area contributed by atoms with Crippen LogP contribution in [0.15, 0.2) is 70.1 Å². The maximum absolute atomic E-state index is 12.0. The lowest BCUT2D eigenvalue weighted by molar-refractivity contribution is 0.597. The minimum atomic E-state index is -4.07. The fourth-order valence-electron chi connectivity index (χ4n) is 2.52. The molecule has 0 aliphatic rings. The van der Waals surface area contributed by atoms with Crippen molar-refractivity contribution in [1.82, 2.24) is 15.0 Å². The van der Waals surface area contributed by atoms with Crippen molar-refractivity contribution in [2.45, 2.75) is 4.90 Å². The molecule has 1 heterocycles. The van der Waals surface area contributed by atoms with Crippen molar-refractivity contribution < 1.29 is 8.42 Å². The van der Waals surface area contributed by atoms with Crippen molar-refractivity contribution >= 4 is 15.9 Å². The van der Waals surface area contributed by atoms with E-state index in [0.29, 0.717) is 16.8 Å². The van der Waals surface area contributed by atoms with Gasteiger partial charge in [-0.3, -0.25) is 0 Å². The van der Waals surface area contributed by atoms with Crippen LogP contribution in [0.25, 0.3) is 16.8 Å². The molecule has 3 aromatic rings. The molecule has 11 heteroatoms. The van der Waals surface area contributed by atoms with Crippen LogP contribution in [-0.4, -0.2) is 29.2 Å². The lowest BCUT2D eigenvalue weighted by atomic mass is 9.98. The normalized spacial score (nSPS) is 12.1. The highest BCUT2D eigenvalue weighted by molar-refractivity contribution is 7.89. The number of amidine groups is 1. The predicted octanol–water partition coefficient (Wildman–Crippen LogP) is 1.23. The molecule has 0 saturated carbocycles. The summed E-state index contributed by atoms with van der Waals surface area (Å²) >= 11 is 0. The van der Waals surface area contributed by atoms with Gasteiger partial charge in [-0.15, -0.1) is 5.10 Å². The molecule has 10 nitrogen and oxygen atoms in total. The molecule has 0 radical (unpaired) electrons. The summed E-state index contributed by atoms with van der Waals surface area (Å²) in [6.07, 6.45) is 3.08. The lowest BCUT2D eigenvalue weighted by Gasteiger charge is -2.13. The molecule has 0 bridgehead atoms. The first-order valence-electron chi connectivity index (χ1n) is 7.25. The molecule has 0 spiro atoms. The Bertz CT molecular complexity index is 1090. The van der Waals surface area contributed by atoms with Gasteiger partial charge in [0.15, 0.2) is 5.84 Å². The number of benzene rings is 2. The van der Waals surface area contributed by atoms with Gasteiger partial charge in [0.05, 0.1) is 23.0 Å². The Labute approximate surface area is 148 Å². The van der Waals surface area contributed by atoms with E-state index in [2.05, 4.69) is 20.5 Å². The highest BCUT2D eigenvalue weighted by Crippen LogP contribution is 2.29. The summed E-state index contributed by atoms with van der Waals surface area (Å²) in [7, 11) is -4.07. The van der Waals surface area contributed by atoms with Gasteiger partial charge in [0, 0.05) is 5.56 Å². The Morgan fingerprint density at radius 1 is 1.12 bits per heavy atom. The number of hydrogen-bond donors (Lipinski definition) is 3. The highest BCUT2D eigenvalue weighted by atomic mass is 32.2. The van der Waals surface area contributed by atoms with E-state index in [1.54, 1.807) is 48.8 Å². The lowest BCUT2D eigenvalue weighted by Crippen LogP contribution is -2.22. The first kappa shape index (κ1) is 17.4. The van der Waals surface area contributed by atoms with Crippen molar-refractivity contribution in [2.24, 2.45) is 21.2 Å². The second-order valence-corrected chi connectivity index (χ2v) is 6.71. The Morgan fingerprint density at radius 2 is 1.81 bits per heavy atom. The van der Waals surface area contributed by atoms with Gasteiger partial charge in [-0.1, -0.05) is 29.5 Å². The second kappa shape index (κ2) is 6.82. The van der Waals surface area contributed by atoms with Gasteiger partial charge in [0.1, 0.15) is 0 Å². The summed E-state index contributed by atoms with van der Waals surface area (Å²) in [5, 5.41) is 19.8. The van der Waals surface area contributed by atoms with E-state index in [-0.39, 0.29) is 16.3 Å². The Kier molecular flexibility index (Phi) is 4.56. The van der Waals surface area contributed by atoms with Crippen LogP contribution in [0, 0.1) is 5.53 Å². The maximum atomic E-state index is 12.0. The van der Waals surface area contributed by atoms with Crippen LogP contribution in [0.5, 0.6) is 0 Å². The maximum Gasteiger partial charge on any atom is 0.238 e. The molecule has 5 N–H and O–H groups in total. The van der Waals surface area contributed by atoms with Crippen molar-refractivity contribution in [3.05, 3.63) is 60.4 Å². The summed E-state index contributed by atoms with van der Waals surface area (Å²) < 4.78 is 23.9. The van der Waals surface area contributed by atoms with E-state index in [4.69, 9.17) is 16.4 Å². The minimum absolute atomic E-state index is 0.0802. The average molecular weight is 370 g/mol. The number of nitrogens with zero attached hydrogens (tertiary/aromatic N) is 5. The third kappa shape index (κ3) is 3.34. The Morgan fingerprint density at radius 3 is 2.46 bits per heavy atom. The molecule has 0 saturated heterocycles. The van der Waals surface area contributed by atoms with Crippen molar-refractivity contribution in [2.75, 3.05) is 0 Å². The zero-order valence-electron chi connectivity index (χ0n) is 13.3. The molecule has 2 aromatic carbocycles.